The maximum Gasteiger partial charge on any atom is 0.430 e. The van der Waals surface area contributed by atoms with Crippen LogP contribution in [0.4, 0.5) is 9.59 Å². The van der Waals surface area contributed by atoms with Gasteiger partial charge in [0.1, 0.15) is 17.3 Å². The van der Waals surface area contributed by atoms with Gasteiger partial charge < -0.3 is 14.2 Å². The van der Waals surface area contributed by atoms with E-state index in [9.17, 15) is 9.59 Å². The zero-order chi connectivity index (χ0) is 41.4. The minimum absolute atomic E-state index is 0.0157. The summed E-state index contributed by atoms with van der Waals surface area (Å²) in [6.07, 6.45) is 6.70. The van der Waals surface area contributed by atoms with Gasteiger partial charge in [0.15, 0.2) is 0 Å². The van der Waals surface area contributed by atoms with Gasteiger partial charge in [0.25, 0.3) is 0 Å². The van der Waals surface area contributed by atoms with Crippen LogP contribution in [0.3, 0.4) is 0 Å². The summed E-state index contributed by atoms with van der Waals surface area (Å²) in [5.41, 5.74) is 0.0797. The van der Waals surface area contributed by atoms with Gasteiger partial charge in [-0.3, -0.25) is 0 Å². The van der Waals surface area contributed by atoms with E-state index in [0.29, 0.717) is 17.9 Å². The molecule has 0 radical (unpaired) electrons. The van der Waals surface area contributed by atoms with E-state index in [1.165, 1.54) is 21.1 Å². The van der Waals surface area contributed by atoms with Gasteiger partial charge in [0.05, 0.1) is 25.4 Å². The molecule has 0 aromatic heterocycles. The van der Waals surface area contributed by atoms with Crippen LogP contribution in [0.15, 0.2) is 72.3 Å². The molecule has 0 saturated heterocycles. The van der Waals surface area contributed by atoms with Gasteiger partial charge in [-0.2, -0.15) is 0 Å². The lowest BCUT2D eigenvalue weighted by Crippen LogP contribution is -2.68. The minimum atomic E-state index is -2.56. The Kier molecular flexibility index (Phi) is 12.7. The number of ether oxygens (including phenoxy) is 3. The van der Waals surface area contributed by atoms with Crippen LogP contribution in [0, 0.1) is 22.7 Å². The van der Waals surface area contributed by atoms with Crippen LogP contribution in [-0.4, -0.2) is 65.3 Å². The molecule has 1 heterocycles. The lowest BCUT2D eigenvalue weighted by Gasteiger charge is -2.50. The Balaban J connectivity index is 1.66. The lowest BCUT2D eigenvalue weighted by molar-refractivity contribution is -0.158. The topological polar surface area (TPSA) is 85.4 Å². The molecule has 2 aromatic rings. The second-order valence-electron chi connectivity index (χ2n) is 20.4. The molecule has 9 heteroatoms. The summed E-state index contributed by atoms with van der Waals surface area (Å²) < 4.78 is 19.2. The van der Waals surface area contributed by atoms with E-state index >= 15 is 4.79 Å². The third-order valence-corrected chi connectivity index (χ3v) is 15.0. The number of amides is 2. The van der Waals surface area contributed by atoms with Crippen molar-refractivity contribution in [3.05, 3.63) is 83.4 Å². The van der Waals surface area contributed by atoms with Crippen molar-refractivity contribution in [1.29, 1.82) is 0 Å². The summed E-state index contributed by atoms with van der Waals surface area (Å²) in [6, 6.07) is 20.7. The van der Waals surface area contributed by atoms with E-state index in [0.717, 1.165) is 38.5 Å². The number of carbonyl (C=O) groups excluding carboxylic acids is 3. The molecule has 0 spiro atoms. The fraction of sp³-hybridized carbons (Fsp3) is 0.638. The van der Waals surface area contributed by atoms with Crippen molar-refractivity contribution in [2.45, 2.75) is 169 Å². The molecule has 308 valence electrons. The number of carbonyl (C=O) groups is 3. The first kappa shape index (κ1) is 43.5. The van der Waals surface area contributed by atoms with E-state index in [1.807, 2.05) is 47.6 Å². The molecule has 0 N–H and O–H groups in total. The summed E-state index contributed by atoms with van der Waals surface area (Å²) in [7, 11) is -2.56. The van der Waals surface area contributed by atoms with Crippen LogP contribution in [0.2, 0.25) is 19.6 Å². The standard InChI is InChI=1S/C47H70N2O6Si/c1-14-15-16-23-28-34-31-35(40(56(11,12)13)49(43(52)55-45(5,6)7)48(34)42(51)54-44(2,3)4)41(50)53-39-38(36-29-30-47(39,10)46(36,8)9)37(32-24-19-17-20-25-32)33-26-21-18-22-27-33/h17-22,24-27,31,34,36-40H,14-16,23,28-30H2,1-13H3/t34-,36-,38+,39-,40+,47+/m1/s1. The van der Waals surface area contributed by atoms with Crippen molar-refractivity contribution in [3.8, 4) is 0 Å². The Labute approximate surface area is 338 Å². The number of rotatable bonds is 11. The molecular weight excluding hydrogens is 717 g/mol. The van der Waals surface area contributed by atoms with E-state index in [1.54, 1.807) is 0 Å². The number of esters is 1. The monoisotopic (exact) mass is 787 g/mol. The molecular formula is C47H70N2O6Si. The molecule has 3 aliphatic rings. The fourth-order valence-corrected chi connectivity index (χ4v) is 12.1. The molecule has 2 amide bonds. The lowest BCUT2D eigenvalue weighted by atomic mass is 9.68. The Hall–Kier alpha value is -3.59. The Morgan fingerprint density at radius 2 is 1.30 bits per heavy atom. The number of unbranched alkanes of at least 4 members (excludes halogenated alkanes) is 3. The van der Waals surface area contributed by atoms with Crippen LogP contribution in [0.5, 0.6) is 0 Å². The molecule has 8 nitrogen and oxygen atoms in total. The average Bonchev–Trinajstić information content (AvgIpc) is 3.41. The fourth-order valence-electron chi connectivity index (χ4n) is 9.95. The normalized spacial score (nSPS) is 26.2. The molecule has 0 unspecified atom stereocenters. The Morgan fingerprint density at radius 1 is 0.786 bits per heavy atom. The highest BCUT2D eigenvalue weighted by molar-refractivity contribution is 6.78. The quantitative estimate of drug-likeness (QED) is 0.0976. The summed E-state index contributed by atoms with van der Waals surface area (Å²) >= 11 is 0. The molecule has 2 bridgehead atoms. The maximum atomic E-state index is 15.4. The molecule has 56 heavy (non-hydrogen) atoms. The van der Waals surface area contributed by atoms with Crippen molar-refractivity contribution in [3.63, 3.8) is 0 Å². The van der Waals surface area contributed by atoms with E-state index in [2.05, 4.69) is 108 Å². The van der Waals surface area contributed by atoms with Crippen molar-refractivity contribution in [2.75, 3.05) is 0 Å². The highest BCUT2D eigenvalue weighted by atomic mass is 28.3. The Bertz CT molecular complexity index is 1680. The summed E-state index contributed by atoms with van der Waals surface area (Å²) in [6.45, 7) is 26.5. The van der Waals surface area contributed by atoms with Gasteiger partial charge in [0, 0.05) is 17.3 Å². The van der Waals surface area contributed by atoms with Crippen LogP contribution >= 0.6 is 0 Å². The minimum Gasteiger partial charge on any atom is -0.458 e. The maximum absolute atomic E-state index is 15.4. The number of hydrogen-bond donors (Lipinski definition) is 0. The van der Waals surface area contributed by atoms with Gasteiger partial charge in [-0.25, -0.2) is 24.4 Å². The zero-order valence-corrected chi connectivity index (χ0v) is 37.6. The summed E-state index contributed by atoms with van der Waals surface area (Å²) in [5.74, 6) is -0.0528. The first-order valence-corrected chi connectivity index (χ1v) is 24.7. The molecule has 2 saturated carbocycles. The number of nitrogens with zero attached hydrogens (tertiary/aromatic N) is 2. The third-order valence-electron chi connectivity index (χ3n) is 12.8. The van der Waals surface area contributed by atoms with Gasteiger partial charge in [-0.15, -0.1) is 0 Å². The van der Waals surface area contributed by atoms with Crippen LogP contribution < -0.4 is 0 Å². The van der Waals surface area contributed by atoms with Crippen molar-refractivity contribution in [2.24, 2.45) is 22.7 Å². The first-order chi connectivity index (χ1) is 26.0. The SMILES string of the molecule is CCCCCC[C@@H]1C=C(C(=O)O[C@@H]2[C@H](C(c3ccccc3)c3ccccc3)[C@H]3CC[C@]2(C)C3(C)C)[C@H]([Si](C)(C)C)N(C(=O)OC(C)(C)C)N1C(=O)OC(C)(C)C. The molecule has 6 atom stereocenters. The van der Waals surface area contributed by atoms with Crippen molar-refractivity contribution >= 4 is 26.2 Å². The van der Waals surface area contributed by atoms with Crippen molar-refractivity contribution in [1.82, 2.24) is 10.0 Å². The second kappa shape index (κ2) is 16.3. The van der Waals surface area contributed by atoms with E-state index in [4.69, 9.17) is 14.2 Å². The number of hydrogen-bond acceptors (Lipinski definition) is 6. The largest absolute Gasteiger partial charge is 0.458 e. The smallest absolute Gasteiger partial charge is 0.430 e. The molecule has 1 aliphatic heterocycles. The molecule has 5 rings (SSSR count). The van der Waals surface area contributed by atoms with Gasteiger partial charge in [0.2, 0.25) is 0 Å². The zero-order valence-electron chi connectivity index (χ0n) is 36.6. The van der Waals surface area contributed by atoms with Crippen LogP contribution in [0.25, 0.3) is 0 Å². The first-order valence-electron chi connectivity index (χ1n) is 21.1. The highest BCUT2D eigenvalue weighted by Gasteiger charge is 2.69. The summed E-state index contributed by atoms with van der Waals surface area (Å²) in [5, 5.41) is 2.89. The van der Waals surface area contributed by atoms with E-state index in [-0.39, 0.29) is 28.8 Å². The molecule has 2 aliphatic carbocycles. The van der Waals surface area contributed by atoms with Crippen molar-refractivity contribution < 1.29 is 28.6 Å². The average molecular weight is 787 g/mol. The van der Waals surface area contributed by atoms with Gasteiger partial charge in [-0.05, 0) is 89.3 Å². The van der Waals surface area contributed by atoms with Gasteiger partial charge >= 0.3 is 18.2 Å². The van der Waals surface area contributed by atoms with Crippen LogP contribution in [-0.2, 0) is 19.0 Å². The Morgan fingerprint density at radius 3 is 1.79 bits per heavy atom. The number of benzene rings is 2. The molecule has 2 fully saturated rings. The van der Waals surface area contributed by atoms with E-state index < -0.39 is 49.1 Å². The van der Waals surface area contributed by atoms with Crippen LogP contribution in [0.1, 0.15) is 131 Å². The van der Waals surface area contributed by atoms with Gasteiger partial charge in [-0.1, -0.05) is 134 Å². The number of hydrazine groups is 1. The molecule has 2 aromatic carbocycles. The highest BCUT2D eigenvalue weighted by Crippen LogP contribution is 2.71. The second-order valence-corrected chi connectivity index (χ2v) is 25.7. The number of fused-ring (bicyclic) bond motifs is 2. The summed E-state index contributed by atoms with van der Waals surface area (Å²) in [4.78, 5) is 44.3. The predicted molar refractivity (Wildman–Crippen MR) is 227 cm³/mol. The third kappa shape index (κ3) is 8.93. The predicted octanol–water partition coefficient (Wildman–Crippen LogP) is 11.7.